The number of pyridine rings is 2. The SMILES string of the molecule is O=C(O)C(F)(F)F.O=C1NC(C2CC2)Cc2[nH]c(-c3ccnc(-c4cnc5ccccc5c4)c3)cc21. The van der Waals surface area contributed by atoms with Crippen LogP contribution in [0.5, 0.6) is 0 Å². The summed E-state index contributed by atoms with van der Waals surface area (Å²) < 4.78 is 31.7. The Morgan fingerprint density at radius 1 is 1.03 bits per heavy atom. The molecule has 0 bridgehead atoms. The van der Waals surface area contributed by atoms with Crippen LogP contribution in [-0.4, -0.2) is 44.2 Å². The lowest BCUT2D eigenvalue weighted by atomic mass is 9.99. The topological polar surface area (TPSA) is 108 Å². The third kappa shape index (κ3) is 4.93. The molecule has 36 heavy (non-hydrogen) atoms. The van der Waals surface area contributed by atoms with Crippen LogP contribution in [-0.2, 0) is 11.2 Å². The predicted octanol–water partition coefficient (Wildman–Crippen LogP) is 4.99. The average Bonchev–Trinajstić information content (AvgIpc) is 3.62. The number of benzene rings is 1. The largest absolute Gasteiger partial charge is 0.490 e. The number of hydrogen-bond donors (Lipinski definition) is 3. The first-order valence-electron chi connectivity index (χ1n) is 11.3. The number of aromatic amines is 1. The van der Waals surface area contributed by atoms with Crippen LogP contribution in [0.1, 0.15) is 28.9 Å². The van der Waals surface area contributed by atoms with Crippen molar-refractivity contribution in [3.05, 3.63) is 72.2 Å². The minimum atomic E-state index is -5.08. The standard InChI is InChI=1S/C24H20N4O.C2HF3O2/c29-24-18-11-21(27-23(18)12-22(28-24)14-5-6-14)16-7-8-25-20(10-16)17-9-15-3-1-2-4-19(15)26-13-17;3-2(4,5)1(6)7/h1-4,7-11,13-14,22,27H,5-6,12H2,(H,28,29);(H,6,7). The van der Waals surface area contributed by atoms with Gasteiger partial charge in [-0.1, -0.05) is 18.2 Å². The van der Waals surface area contributed by atoms with Crippen LogP contribution in [0.15, 0.2) is 60.9 Å². The third-order valence-corrected chi connectivity index (χ3v) is 6.28. The normalized spacial score (nSPS) is 17.1. The van der Waals surface area contributed by atoms with Crippen LogP contribution in [0.3, 0.4) is 0 Å². The van der Waals surface area contributed by atoms with Gasteiger partial charge in [0.15, 0.2) is 0 Å². The summed E-state index contributed by atoms with van der Waals surface area (Å²) in [6, 6.07) is 16.5. The fourth-order valence-corrected chi connectivity index (χ4v) is 4.28. The minimum absolute atomic E-state index is 0.0404. The van der Waals surface area contributed by atoms with E-state index >= 15 is 0 Å². The predicted molar refractivity (Wildman–Crippen MR) is 126 cm³/mol. The Kier molecular flexibility index (Phi) is 5.95. The highest BCUT2D eigenvalue weighted by Gasteiger charge is 2.38. The number of rotatable bonds is 3. The molecule has 0 radical (unpaired) electrons. The molecule has 0 saturated heterocycles. The van der Waals surface area contributed by atoms with Crippen molar-refractivity contribution in [3.8, 4) is 22.5 Å². The van der Waals surface area contributed by atoms with E-state index in [1.54, 1.807) is 0 Å². The summed E-state index contributed by atoms with van der Waals surface area (Å²) in [6.45, 7) is 0. The van der Waals surface area contributed by atoms with E-state index in [4.69, 9.17) is 9.90 Å². The molecular weight excluding hydrogens is 473 g/mol. The number of nitrogens with one attached hydrogen (secondary N) is 2. The second-order valence-electron chi connectivity index (χ2n) is 8.85. The molecule has 7 nitrogen and oxygen atoms in total. The van der Waals surface area contributed by atoms with Gasteiger partial charge in [-0.2, -0.15) is 13.2 Å². The summed E-state index contributed by atoms with van der Waals surface area (Å²) in [7, 11) is 0. The molecule has 6 rings (SSSR count). The van der Waals surface area contributed by atoms with Crippen LogP contribution in [0, 0.1) is 5.92 Å². The van der Waals surface area contributed by atoms with Gasteiger partial charge in [-0.15, -0.1) is 0 Å². The zero-order valence-corrected chi connectivity index (χ0v) is 18.8. The second kappa shape index (κ2) is 9.10. The van der Waals surface area contributed by atoms with Gasteiger partial charge in [-0.3, -0.25) is 14.8 Å². The third-order valence-electron chi connectivity index (χ3n) is 6.28. The zero-order chi connectivity index (χ0) is 25.4. The first-order chi connectivity index (χ1) is 17.2. The maximum absolute atomic E-state index is 12.5. The molecule has 2 aliphatic rings. The molecule has 1 aromatic carbocycles. The Balaban J connectivity index is 0.000000338. The van der Waals surface area contributed by atoms with Gasteiger partial charge < -0.3 is 15.4 Å². The molecule has 1 aliphatic heterocycles. The van der Waals surface area contributed by atoms with Crippen molar-refractivity contribution in [1.29, 1.82) is 0 Å². The first-order valence-corrected chi connectivity index (χ1v) is 11.3. The molecular formula is C26H21F3N4O3. The van der Waals surface area contributed by atoms with E-state index in [-0.39, 0.29) is 11.9 Å². The Morgan fingerprint density at radius 2 is 1.78 bits per heavy atom. The lowest BCUT2D eigenvalue weighted by Gasteiger charge is -2.23. The highest BCUT2D eigenvalue weighted by molar-refractivity contribution is 5.98. The number of hydrogen-bond acceptors (Lipinski definition) is 4. The van der Waals surface area contributed by atoms with Crippen molar-refractivity contribution < 1.29 is 27.9 Å². The van der Waals surface area contributed by atoms with Crippen molar-refractivity contribution in [2.45, 2.75) is 31.5 Å². The van der Waals surface area contributed by atoms with Crippen molar-refractivity contribution >= 4 is 22.8 Å². The molecule has 10 heteroatoms. The summed E-state index contributed by atoms with van der Waals surface area (Å²) >= 11 is 0. The molecule has 3 N–H and O–H groups in total. The molecule has 1 unspecified atom stereocenters. The molecule has 4 heterocycles. The van der Waals surface area contributed by atoms with Gasteiger partial charge in [0, 0.05) is 52.8 Å². The molecule has 1 atom stereocenters. The van der Waals surface area contributed by atoms with E-state index in [0.717, 1.165) is 51.1 Å². The van der Waals surface area contributed by atoms with E-state index in [1.807, 2.05) is 42.7 Å². The van der Waals surface area contributed by atoms with Crippen molar-refractivity contribution in [2.24, 2.45) is 5.92 Å². The van der Waals surface area contributed by atoms with Crippen LogP contribution in [0.25, 0.3) is 33.4 Å². The van der Waals surface area contributed by atoms with E-state index < -0.39 is 12.1 Å². The van der Waals surface area contributed by atoms with Crippen LogP contribution < -0.4 is 5.32 Å². The summed E-state index contributed by atoms with van der Waals surface area (Å²) in [5.74, 6) is -2.07. The fourth-order valence-electron chi connectivity index (χ4n) is 4.28. The molecule has 4 aromatic rings. The van der Waals surface area contributed by atoms with Crippen molar-refractivity contribution in [2.75, 3.05) is 0 Å². The molecule has 0 spiro atoms. The lowest BCUT2D eigenvalue weighted by molar-refractivity contribution is -0.192. The Morgan fingerprint density at radius 3 is 2.50 bits per heavy atom. The molecule has 1 aliphatic carbocycles. The van der Waals surface area contributed by atoms with Gasteiger partial charge in [-0.05, 0) is 49.1 Å². The number of alkyl halides is 3. The zero-order valence-electron chi connectivity index (χ0n) is 18.8. The van der Waals surface area contributed by atoms with Gasteiger partial charge in [0.25, 0.3) is 5.91 Å². The molecule has 3 aromatic heterocycles. The van der Waals surface area contributed by atoms with E-state index in [1.165, 1.54) is 12.8 Å². The Bertz CT molecular complexity index is 1460. The number of H-pyrrole nitrogens is 1. The quantitative estimate of drug-likeness (QED) is 0.372. The number of amides is 1. The number of carbonyl (C=O) groups excluding carboxylic acids is 1. The smallest absolute Gasteiger partial charge is 0.475 e. The number of aromatic nitrogens is 3. The van der Waals surface area contributed by atoms with E-state index in [2.05, 4.69) is 38.5 Å². The highest BCUT2D eigenvalue weighted by atomic mass is 19.4. The summed E-state index contributed by atoms with van der Waals surface area (Å²) in [6.07, 6.45) is 1.93. The number of aliphatic carboxylic acids is 1. The number of nitrogens with zero attached hydrogens (tertiary/aromatic N) is 2. The number of carboxylic acid groups (broad SMARTS) is 1. The first kappa shape index (κ1) is 23.5. The van der Waals surface area contributed by atoms with Crippen LogP contribution >= 0.6 is 0 Å². The lowest BCUT2D eigenvalue weighted by Crippen LogP contribution is -2.42. The van der Waals surface area contributed by atoms with Crippen LogP contribution in [0.2, 0.25) is 0 Å². The van der Waals surface area contributed by atoms with Gasteiger partial charge in [0.2, 0.25) is 0 Å². The van der Waals surface area contributed by atoms with Crippen LogP contribution in [0.4, 0.5) is 13.2 Å². The molecule has 1 fully saturated rings. The average molecular weight is 494 g/mol. The number of halogens is 3. The highest BCUT2D eigenvalue weighted by Crippen LogP contribution is 2.37. The Labute approximate surface area is 203 Å². The minimum Gasteiger partial charge on any atom is -0.475 e. The van der Waals surface area contributed by atoms with E-state index in [9.17, 15) is 18.0 Å². The van der Waals surface area contributed by atoms with Gasteiger partial charge in [0.1, 0.15) is 0 Å². The number of para-hydroxylation sites is 1. The Hall–Kier alpha value is -4.21. The van der Waals surface area contributed by atoms with Gasteiger partial charge >= 0.3 is 12.1 Å². The second-order valence-corrected chi connectivity index (χ2v) is 8.85. The maximum atomic E-state index is 12.5. The summed E-state index contributed by atoms with van der Waals surface area (Å²) in [5, 5.41) is 11.4. The molecule has 1 amide bonds. The molecule has 184 valence electrons. The summed E-state index contributed by atoms with van der Waals surface area (Å²) in [5.41, 5.74) is 6.61. The monoisotopic (exact) mass is 494 g/mol. The van der Waals surface area contributed by atoms with Gasteiger partial charge in [-0.25, -0.2) is 4.79 Å². The fraction of sp³-hybridized carbons (Fsp3) is 0.231. The van der Waals surface area contributed by atoms with Gasteiger partial charge in [0.05, 0.1) is 16.8 Å². The molecule has 1 saturated carbocycles. The maximum Gasteiger partial charge on any atom is 0.490 e. The number of carbonyl (C=O) groups is 2. The number of fused-ring (bicyclic) bond motifs is 2. The van der Waals surface area contributed by atoms with E-state index in [0.29, 0.717) is 5.92 Å². The summed E-state index contributed by atoms with van der Waals surface area (Å²) in [4.78, 5) is 34.0. The number of carboxylic acids is 1. The van der Waals surface area contributed by atoms with Crippen molar-refractivity contribution in [3.63, 3.8) is 0 Å². The van der Waals surface area contributed by atoms with Crippen molar-refractivity contribution in [1.82, 2.24) is 20.3 Å².